The third-order valence-electron chi connectivity index (χ3n) is 4.01. The molecule has 1 N–H and O–H groups in total. The van der Waals surface area contributed by atoms with Crippen LogP contribution in [0.2, 0.25) is 0 Å². The van der Waals surface area contributed by atoms with Crippen LogP contribution >= 0.6 is 0 Å². The van der Waals surface area contributed by atoms with Gasteiger partial charge in [-0.1, -0.05) is 12.1 Å². The van der Waals surface area contributed by atoms with Gasteiger partial charge in [0.2, 0.25) is 0 Å². The van der Waals surface area contributed by atoms with Gasteiger partial charge in [0, 0.05) is 5.41 Å². The fraction of sp³-hybridized carbons (Fsp3) is 0.417. The highest BCUT2D eigenvalue weighted by molar-refractivity contribution is 5.80. The molecule has 4 rings (SSSR count). The zero-order valence-electron chi connectivity index (χ0n) is 8.46. The molecule has 0 radical (unpaired) electrons. The van der Waals surface area contributed by atoms with Crippen LogP contribution in [0.5, 0.6) is 0 Å². The van der Waals surface area contributed by atoms with Gasteiger partial charge in [0.15, 0.2) is 11.6 Å². The molecule has 0 aliphatic heterocycles. The lowest BCUT2D eigenvalue weighted by atomic mass is 9.33. The topological polar surface area (TPSA) is 37.3 Å². The van der Waals surface area contributed by atoms with Gasteiger partial charge in [0.05, 0.1) is 5.41 Å². The fourth-order valence-corrected chi connectivity index (χ4v) is 3.21. The standard InChI is InChI=1S/C12H10F2O2/c13-8-3-1-2-7(9(8)14)11-4-12(5-11,6-11)10(15)16/h1-3H,4-6H2,(H,15,16). The Kier molecular flexibility index (Phi) is 1.60. The van der Waals surface area contributed by atoms with Gasteiger partial charge < -0.3 is 5.11 Å². The molecule has 2 nitrogen and oxygen atoms in total. The molecule has 0 heterocycles. The molecule has 0 aromatic heterocycles. The molecule has 0 saturated heterocycles. The predicted octanol–water partition coefficient (Wildman–Crippen LogP) is 2.47. The van der Waals surface area contributed by atoms with Crippen LogP contribution in [0.15, 0.2) is 18.2 Å². The molecule has 3 aliphatic carbocycles. The van der Waals surface area contributed by atoms with Gasteiger partial charge in [0.1, 0.15) is 0 Å². The predicted molar refractivity (Wildman–Crippen MR) is 52.0 cm³/mol. The van der Waals surface area contributed by atoms with Gasteiger partial charge in [0.25, 0.3) is 0 Å². The highest BCUT2D eigenvalue weighted by Gasteiger charge is 2.73. The van der Waals surface area contributed by atoms with Crippen molar-refractivity contribution in [3.05, 3.63) is 35.4 Å². The van der Waals surface area contributed by atoms with Gasteiger partial charge >= 0.3 is 5.97 Å². The maximum Gasteiger partial charge on any atom is 0.309 e. The molecule has 0 amide bonds. The Labute approximate surface area is 90.9 Å². The van der Waals surface area contributed by atoms with Crippen LogP contribution in [0.25, 0.3) is 0 Å². The monoisotopic (exact) mass is 224 g/mol. The van der Waals surface area contributed by atoms with E-state index in [0.717, 1.165) is 6.07 Å². The molecule has 1 aromatic carbocycles. The van der Waals surface area contributed by atoms with Crippen molar-refractivity contribution < 1.29 is 18.7 Å². The summed E-state index contributed by atoms with van der Waals surface area (Å²) < 4.78 is 26.6. The summed E-state index contributed by atoms with van der Waals surface area (Å²) in [5.74, 6) is -2.49. The zero-order chi connectivity index (χ0) is 11.6. The van der Waals surface area contributed by atoms with Crippen molar-refractivity contribution in [3.8, 4) is 0 Å². The summed E-state index contributed by atoms with van der Waals surface area (Å²) in [6.45, 7) is 0. The van der Waals surface area contributed by atoms with Crippen molar-refractivity contribution in [2.24, 2.45) is 5.41 Å². The second-order valence-corrected chi connectivity index (χ2v) is 5.00. The second-order valence-electron chi connectivity index (χ2n) is 5.00. The van der Waals surface area contributed by atoms with Crippen molar-refractivity contribution in [2.45, 2.75) is 24.7 Å². The van der Waals surface area contributed by atoms with E-state index >= 15 is 0 Å². The molecule has 0 spiro atoms. The smallest absolute Gasteiger partial charge is 0.309 e. The Morgan fingerprint density at radius 3 is 2.44 bits per heavy atom. The maximum absolute atomic E-state index is 13.5. The number of hydrogen-bond donors (Lipinski definition) is 1. The zero-order valence-corrected chi connectivity index (χ0v) is 8.46. The molecule has 3 saturated carbocycles. The molecular formula is C12H10F2O2. The highest BCUT2D eigenvalue weighted by Crippen LogP contribution is 2.73. The van der Waals surface area contributed by atoms with Crippen molar-refractivity contribution >= 4 is 5.97 Å². The van der Waals surface area contributed by atoms with Crippen LogP contribution in [0, 0.1) is 17.0 Å². The van der Waals surface area contributed by atoms with Crippen LogP contribution in [-0.2, 0) is 10.2 Å². The van der Waals surface area contributed by atoms with Gasteiger partial charge in [-0.25, -0.2) is 8.78 Å². The Morgan fingerprint density at radius 1 is 1.25 bits per heavy atom. The molecule has 0 unspecified atom stereocenters. The first-order valence-corrected chi connectivity index (χ1v) is 5.17. The van der Waals surface area contributed by atoms with Gasteiger partial charge in [-0.3, -0.25) is 4.79 Å². The average molecular weight is 224 g/mol. The Morgan fingerprint density at radius 2 is 1.88 bits per heavy atom. The summed E-state index contributed by atoms with van der Waals surface area (Å²) in [6, 6.07) is 4.11. The number of halogens is 2. The minimum absolute atomic E-state index is 0.343. The summed E-state index contributed by atoms with van der Waals surface area (Å²) >= 11 is 0. The van der Waals surface area contributed by atoms with E-state index in [-0.39, 0.29) is 0 Å². The molecule has 2 bridgehead atoms. The number of carboxylic acid groups (broad SMARTS) is 1. The van der Waals surface area contributed by atoms with E-state index in [0.29, 0.717) is 24.8 Å². The summed E-state index contributed by atoms with van der Waals surface area (Å²) in [5, 5.41) is 8.95. The van der Waals surface area contributed by atoms with E-state index in [1.807, 2.05) is 0 Å². The largest absolute Gasteiger partial charge is 0.481 e. The van der Waals surface area contributed by atoms with Crippen molar-refractivity contribution in [1.29, 1.82) is 0 Å². The highest BCUT2D eigenvalue weighted by atomic mass is 19.2. The summed E-state index contributed by atoms with van der Waals surface area (Å²) in [7, 11) is 0. The number of carboxylic acids is 1. The first-order chi connectivity index (χ1) is 7.49. The van der Waals surface area contributed by atoms with Gasteiger partial charge in [-0.15, -0.1) is 0 Å². The van der Waals surface area contributed by atoms with Crippen LogP contribution in [0.3, 0.4) is 0 Å². The first-order valence-electron chi connectivity index (χ1n) is 5.17. The minimum Gasteiger partial charge on any atom is -0.481 e. The number of carbonyl (C=O) groups is 1. The van der Waals surface area contributed by atoms with E-state index in [9.17, 15) is 13.6 Å². The summed E-state index contributed by atoms with van der Waals surface area (Å²) in [5.41, 5.74) is -0.723. The van der Waals surface area contributed by atoms with Crippen LogP contribution in [-0.4, -0.2) is 11.1 Å². The molecule has 4 heteroatoms. The molecule has 3 fully saturated rings. The molecule has 16 heavy (non-hydrogen) atoms. The fourth-order valence-electron chi connectivity index (χ4n) is 3.21. The van der Waals surface area contributed by atoms with Crippen LogP contribution in [0.4, 0.5) is 8.78 Å². The molecule has 84 valence electrons. The number of aliphatic carboxylic acids is 1. The Balaban J connectivity index is 1.93. The van der Waals surface area contributed by atoms with E-state index in [1.165, 1.54) is 6.07 Å². The van der Waals surface area contributed by atoms with Crippen LogP contribution < -0.4 is 0 Å². The average Bonchev–Trinajstić information content (AvgIpc) is 2.07. The van der Waals surface area contributed by atoms with Crippen molar-refractivity contribution in [3.63, 3.8) is 0 Å². The maximum atomic E-state index is 13.5. The lowest BCUT2D eigenvalue weighted by Gasteiger charge is -2.68. The Bertz CT molecular complexity index is 476. The minimum atomic E-state index is -0.855. The molecular weight excluding hydrogens is 214 g/mol. The number of rotatable bonds is 2. The van der Waals surface area contributed by atoms with Gasteiger partial charge in [-0.05, 0) is 30.9 Å². The normalized spacial score (nSPS) is 35.1. The lowest BCUT2D eigenvalue weighted by Crippen LogP contribution is -2.68. The van der Waals surface area contributed by atoms with E-state index in [4.69, 9.17) is 5.11 Å². The third kappa shape index (κ3) is 0.925. The summed E-state index contributed by atoms with van der Waals surface area (Å²) in [4.78, 5) is 10.9. The number of hydrogen-bond acceptors (Lipinski definition) is 1. The Hall–Kier alpha value is -1.45. The van der Waals surface area contributed by atoms with E-state index < -0.39 is 28.4 Å². The first kappa shape index (κ1) is 9.75. The second kappa shape index (κ2) is 2.62. The third-order valence-corrected chi connectivity index (χ3v) is 4.01. The molecule has 3 aliphatic rings. The van der Waals surface area contributed by atoms with Crippen molar-refractivity contribution in [2.75, 3.05) is 0 Å². The SMILES string of the molecule is O=C(O)C12CC(c3cccc(F)c3F)(C1)C2. The molecule has 0 atom stereocenters. The lowest BCUT2D eigenvalue weighted by molar-refractivity contribution is -0.195. The van der Waals surface area contributed by atoms with Crippen LogP contribution in [0.1, 0.15) is 24.8 Å². The van der Waals surface area contributed by atoms with Gasteiger partial charge in [-0.2, -0.15) is 0 Å². The van der Waals surface area contributed by atoms with E-state index in [1.54, 1.807) is 6.07 Å². The summed E-state index contributed by atoms with van der Waals surface area (Å²) in [6.07, 6.45) is 1.32. The molecule has 1 aromatic rings. The quantitative estimate of drug-likeness (QED) is 0.837. The van der Waals surface area contributed by atoms with E-state index in [2.05, 4.69) is 0 Å². The van der Waals surface area contributed by atoms with Crippen molar-refractivity contribution in [1.82, 2.24) is 0 Å². The number of benzene rings is 1.